The highest BCUT2D eigenvalue weighted by Gasteiger charge is 2.32. The number of aryl methyl sites for hydroxylation is 1. The number of benzene rings is 1. The van der Waals surface area contributed by atoms with Crippen LogP contribution in [0.5, 0.6) is 0 Å². The molecule has 0 saturated carbocycles. The van der Waals surface area contributed by atoms with Crippen LogP contribution in [0.3, 0.4) is 0 Å². The average molecular weight is 595 g/mol. The minimum atomic E-state index is -3.77. The number of rotatable bonds is 10. The van der Waals surface area contributed by atoms with Crippen LogP contribution < -0.4 is 10.3 Å². The van der Waals surface area contributed by atoms with Crippen molar-refractivity contribution in [3.8, 4) is 0 Å². The van der Waals surface area contributed by atoms with Crippen LogP contribution in [-0.2, 0) is 43.3 Å². The van der Waals surface area contributed by atoms with Crippen molar-refractivity contribution < 1.29 is 26.5 Å². The molecule has 0 aliphatic rings. The van der Waals surface area contributed by atoms with Gasteiger partial charge in [0.15, 0.2) is 0 Å². The summed E-state index contributed by atoms with van der Waals surface area (Å²) in [7, 11) is -5.47. The molecule has 1 unspecified atom stereocenters. The van der Waals surface area contributed by atoms with Crippen molar-refractivity contribution in [1.82, 2.24) is 14.3 Å². The summed E-state index contributed by atoms with van der Waals surface area (Å²) < 4.78 is 58.9. The number of hydrogen-bond acceptors (Lipinski definition) is 7. The summed E-state index contributed by atoms with van der Waals surface area (Å²) in [5, 5.41) is -0.102. The van der Waals surface area contributed by atoms with Crippen LogP contribution in [0.25, 0.3) is 0 Å². The van der Waals surface area contributed by atoms with Crippen LogP contribution in [0.1, 0.15) is 51.4 Å². The fraction of sp³-hybridized carbons (Fsp3) is 0.500. The average Bonchev–Trinajstić information content (AvgIpc) is 2.75. The quantitative estimate of drug-likeness (QED) is 0.332. The Labute approximate surface area is 215 Å². The van der Waals surface area contributed by atoms with Crippen molar-refractivity contribution in [3.05, 3.63) is 56.2 Å². The number of sulfonamides is 1. The van der Waals surface area contributed by atoms with E-state index in [1.54, 1.807) is 27.7 Å². The minimum Gasteiger partial charge on any atom is -0.465 e. The van der Waals surface area contributed by atoms with Gasteiger partial charge in [-0.05, 0) is 74.2 Å². The number of nitrogens with zero attached hydrogens (tertiary/aromatic N) is 2. The molecule has 1 N–H and O–H groups in total. The third-order valence-corrected chi connectivity index (χ3v) is 8.87. The summed E-state index contributed by atoms with van der Waals surface area (Å²) in [6, 6.07) is 4.69. The number of aromatic nitrogens is 2. The van der Waals surface area contributed by atoms with E-state index < -0.39 is 55.5 Å². The van der Waals surface area contributed by atoms with Gasteiger partial charge in [-0.2, -0.15) is 0 Å². The molecule has 0 fully saturated rings. The number of hydrogen-bond donors (Lipinski definition) is 1. The van der Waals surface area contributed by atoms with Gasteiger partial charge in [0, 0.05) is 12.3 Å². The van der Waals surface area contributed by atoms with Crippen molar-refractivity contribution in [2.24, 2.45) is 0 Å². The van der Waals surface area contributed by atoms with E-state index in [0.717, 1.165) is 4.57 Å². The molecule has 2 atom stereocenters. The van der Waals surface area contributed by atoms with E-state index in [2.05, 4.69) is 25.6 Å². The summed E-state index contributed by atoms with van der Waals surface area (Å²) in [5.74, 6) is -1.13. The first kappa shape index (κ1) is 29.3. The highest BCUT2D eigenvalue weighted by molar-refractivity contribution is 9.10. The van der Waals surface area contributed by atoms with Crippen LogP contribution in [0.4, 0.5) is 4.39 Å². The van der Waals surface area contributed by atoms with Gasteiger partial charge < -0.3 is 4.74 Å². The van der Waals surface area contributed by atoms with Gasteiger partial charge in [-0.3, -0.25) is 18.4 Å². The van der Waals surface area contributed by atoms with Gasteiger partial charge in [0.05, 0.1) is 27.8 Å². The van der Waals surface area contributed by atoms with Crippen molar-refractivity contribution in [2.75, 3.05) is 12.9 Å². The first-order valence-electron chi connectivity index (χ1n) is 10.7. The lowest BCUT2D eigenvalue weighted by atomic mass is 10.0. The molecule has 0 amide bonds. The Morgan fingerprint density at radius 3 is 2.40 bits per heavy atom. The van der Waals surface area contributed by atoms with Crippen molar-refractivity contribution >= 4 is 42.7 Å². The van der Waals surface area contributed by atoms with Crippen molar-refractivity contribution in [2.45, 2.75) is 63.0 Å². The van der Waals surface area contributed by atoms with Crippen LogP contribution in [0.2, 0.25) is 0 Å². The van der Waals surface area contributed by atoms with Gasteiger partial charge in [-0.25, -0.2) is 22.5 Å². The Balaban J connectivity index is 2.44. The Bertz CT molecular complexity index is 1260. The molecule has 2 aromatic rings. The van der Waals surface area contributed by atoms with E-state index in [4.69, 9.17) is 4.74 Å². The molecule has 1 aromatic carbocycles. The normalized spacial score (nSPS) is 13.9. The summed E-state index contributed by atoms with van der Waals surface area (Å²) in [4.78, 5) is 29.2. The predicted molar refractivity (Wildman–Crippen MR) is 134 cm³/mol. The molecule has 2 rings (SSSR count). The summed E-state index contributed by atoms with van der Waals surface area (Å²) in [5.41, 5.74) is 0.175. The highest BCUT2D eigenvalue weighted by atomic mass is 79.9. The van der Waals surface area contributed by atoms with E-state index >= 15 is 0 Å². The second kappa shape index (κ2) is 11.8. The molecule has 0 saturated heterocycles. The first-order chi connectivity index (χ1) is 16.2. The molecule has 1 aromatic heterocycles. The van der Waals surface area contributed by atoms with Crippen LogP contribution in [-0.4, -0.2) is 45.8 Å². The zero-order valence-electron chi connectivity index (χ0n) is 20.1. The summed E-state index contributed by atoms with van der Waals surface area (Å²) in [6.45, 7) is 5.98. The second-order valence-corrected chi connectivity index (χ2v) is 13.2. The zero-order chi connectivity index (χ0) is 26.6. The van der Waals surface area contributed by atoms with Crippen molar-refractivity contribution in [1.29, 1.82) is 0 Å². The fourth-order valence-electron chi connectivity index (χ4n) is 3.05. The van der Waals surface area contributed by atoms with Crippen LogP contribution in [0.15, 0.2) is 38.7 Å². The van der Waals surface area contributed by atoms with Gasteiger partial charge in [-0.1, -0.05) is 12.1 Å². The molecular weight excluding hydrogens is 565 g/mol. The highest BCUT2D eigenvalue weighted by Crippen LogP contribution is 2.25. The molecule has 13 heteroatoms. The summed E-state index contributed by atoms with van der Waals surface area (Å²) in [6.07, 6.45) is 1.62. The SMILES string of the molecule is CCOC(=O)Cn1c(S(C)=O)nc(CC[C@H](NS(=O)(=O)C(C)(C)C)c2ccc(F)cc2)c(Br)c1=O. The smallest absolute Gasteiger partial charge is 0.326 e. The lowest BCUT2D eigenvalue weighted by Crippen LogP contribution is -2.41. The van der Waals surface area contributed by atoms with Gasteiger partial charge in [-0.15, -0.1) is 0 Å². The molecule has 9 nitrogen and oxygen atoms in total. The molecule has 1 heterocycles. The number of carbonyl (C=O) groups is 1. The van der Waals surface area contributed by atoms with E-state index in [-0.39, 0.29) is 34.8 Å². The lowest BCUT2D eigenvalue weighted by molar-refractivity contribution is -0.144. The minimum absolute atomic E-state index is 0.0625. The molecule has 194 valence electrons. The molecule has 0 spiro atoms. The Morgan fingerprint density at radius 1 is 1.29 bits per heavy atom. The Hall–Kier alpha value is -1.96. The summed E-state index contributed by atoms with van der Waals surface area (Å²) >= 11 is 3.22. The Morgan fingerprint density at radius 2 is 1.89 bits per heavy atom. The third kappa shape index (κ3) is 7.51. The van der Waals surface area contributed by atoms with Gasteiger partial charge >= 0.3 is 5.97 Å². The molecule has 0 radical (unpaired) electrons. The number of nitrogens with one attached hydrogen (secondary N) is 1. The number of carbonyl (C=O) groups excluding carboxylic acids is 1. The lowest BCUT2D eigenvalue weighted by Gasteiger charge is -2.26. The topological polar surface area (TPSA) is 124 Å². The number of esters is 1. The maximum Gasteiger partial charge on any atom is 0.326 e. The van der Waals surface area contributed by atoms with Gasteiger partial charge in [0.1, 0.15) is 16.8 Å². The van der Waals surface area contributed by atoms with Crippen LogP contribution >= 0.6 is 15.9 Å². The van der Waals surface area contributed by atoms with Gasteiger partial charge in [0.2, 0.25) is 15.2 Å². The predicted octanol–water partition coefficient (Wildman–Crippen LogP) is 2.84. The maximum atomic E-state index is 13.5. The standard InChI is InChI=1S/C22H29BrFN3O6S2/c1-6-33-18(28)13-27-20(29)19(23)17(25-21(27)34(5)30)12-11-16(14-7-9-15(24)10-8-14)26-35(31,32)22(2,3)4/h7-10,16,26H,6,11-13H2,1-5H3/t16-,34?/m0/s1. The van der Waals surface area contributed by atoms with E-state index in [0.29, 0.717) is 5.56 Å². The van der Waals surface area contributed by atoms with E-state index in [1.807, 2.05) is 0 Å². The molecule has 0 aliphatic heterocycles. The first-order valence-corrected chi connectivity index (χ1v) is 14.6. The van der Waals surface area contributed by atoms with E-state index in [1.165, 1.54) is 30.5 Å². The number of ether oxygens (including phenoxy) is 1. The largest absolute Gasteiger partial charge is 0.465 e. The van der Waals surface area contributed by atoms with E-state index in [9.17, 15) is 26.6 Å². The molecule has 0 bridgehead atoms. The molecule has 0 aliphatic carbocycles. The Kier molecular flexibility index (Phi) is 9.91. The van der Waals surface area contributed by atoms with Gasteiger partial charge in [0.25, 0.3) is 5.56 Å². The second-order valence-electron chi connectivity index (χ2n) is 8.68. The third-order valence-electron chi connectivity index (χ3n) is 5.04. The molecule has 35 heavy (non-hydrogen) atoms. The maximum absolute atomic E-state index is 13.5. The van der Waals surface area contributed by atoms with Crippen LogP contribution in [0, 0.1) is 5.82 Å². The molecular formula is C22H29BrFN3O6S2. The fourth-order valence-corrected chi connectivity index (χ4v) is 5.23. The zero-order valence-corrected chi connectivity index (χ0v) is 23.4. The number of halogens is 2. The monoisotopic (exact) mass is 593 g/mol. The van der Waals surface area contributed by atoms with Crippen molar-refractivity contribution in [3.63, 3.8) is 0 Å².